The van der Waals surface area contributed by atoms with Crippen molar-refractivity contribution >= 4 is 5.91 Å². The number of hydrogen-bond donors (Lipinski definition) is 1. The number of unbranched alkanes of at least 4 members (excludes halogenated alkanes) is 5. The molecule has 0 aliphatic carbocycles. The molecule has 106 valence electrons. The molecule has 0 saturated carbocycles. The van der Waals surface area contributed by atoms with E-state index >= 15 is 0 Å². The monoisotopic (exact) mass is 254 g/mol. The molecular formula is C15H30N2O. The number of nitrogens with zero attached hydrogens (tertiary/aromatic N) is 1. The van der Waals surface area contributed by atoms with Crippen LogP contribution in [0.5, 0.6) is 0 Å². The van der Waals surface area contributed by atoms with Gasteiger partial charge in [0.05, 0.1) is 0 Å². The number of hydrogen-bond acceptors (Lipinski definition) is 2. The smallest absolute Gasteiger partial charge is 0.222 e. The molecule has 2 unspecified atom stereocenters. The van der Waals surface area contributed by atoms with E-state index in [1.807, 2.05) is 4.90 Å². The Kier molecular flexibility index (Phi) is 7.33. The lowest BCUT2D eigenvalue weighted by Gasteiger charge is -2.25. The molecule has 1 heterocycles. The van der Waals surface area contributed by atoms with Gasteiger partial charge >= 0.3 is 0 Å². The first-order valence-electron chi connectivity index (χ1n) is 7.70. The van der Waals surface area contributed by atoms with Crippen LogP contribution in [-0.4, -0.2) is 29.9 Å². The molecule has 1 aliphatic rings. The summed E-state index contributed by atoms with van der Waals surface area (Å²) in [7, 11) is 0. The van der Waals surface area contributed by atoms with Gasteiger partial charge in [0, 0.05) is 25.6 Å². The Labute approximate surface area is 112 Å². The molecule has 0 aromatic rings. The zero-order valence-corrected chi connectivity index (χ0v) is 12.2. The molecule has 0 aromatic heterocycles. The Morgan fingerprint density at radius 1 is 1.22 bits per heavy atom. The van der Waals surface area contributed by atoms with Gasteiger partial charge < -0.3 is 10.6 Å². The number of carbonyl (C=O) groups excluding carboxylic acids is 1. The summed E-state index contributed by atoms with van der Waals surface area (Å²) in [5.41, 5.74) is 5.77. The predicted octanol–water partition coefficient (Wildman–Crippen LogP) is 2.93. The SMILES string of the molecule is CCCCCCCCC(=O)N1CCC(C)C1CN. The van der Waals surface area contributed by atoms with Crippen LogP contribution in [0.4, 0.5) is 0 Å². The maximum absolute atomic E-state index is 12.1. The minimum Gasteiger partial charge on any atom is -0.338 e. The first kappa shape index (κ1) is 15.5. The van der Waals surface area contributed by atoms with E-state index in [0.717, 1.165) is 25.8 Å². The fraction of sp³-hybridized carbons (Fsp3) is 0.933. The van der Waals surface area contributed by atoms with E-state index in [1.165, 1.54) is 32.1 Å². The Morgan fingerprint density at radius 2 is 1.89 bits per heavy atom. The first-order valence-corrected chi connectivity index (χ1v) is 7.70. The predicted molar refractivity (Wildman–Crippen MR) is 76.3 cm³/mol. The van der Waals surface area contributed by atoms with Gasteiger partial charge in [0.25, 0.3) is 0 Å². The van der Waals surface area contributed by atoms with E-state index in [2.05, 4.69) is 13.8 Å². The second-order valence-corrected chi connectivity index (χ2v) is 5.67. The van der Waals surface area contributed by atoms with E-state index in [4.69, 9.17) is 5.73 Å². The largest absolute Gasteiger partial charge is 0.338 e. The zero-order valence-electron chi connectivity index (χ0n) is 12.2. The van der Waals surface area contributed by atoms with Crippen LogP contribution in [0.3, 0.4) is 0 Å². The molecular weight excluding hydrogens is 224 g/mol. The normalized spacial score (nSPS) is 23.6. The van der Waals surface area contributed by atoms with Crippen molar-refractivity contribution in [1.82, 2.24) is 4.90 Å². The van der Waals surface area contributed by atoms with Gasteiger partial charge in [0.2, 0.25) is 5.91 Å². The van der Waals surface area contributed by atoms with Crippen LogP contribution < -0.4 is 5.73 Å². The van der Waals surface area contributed by atoms with Crippen LogP contribution in [0, 0.1) is 5.92 Å². The maximum Gasteiger partial charge on any atom is 0.222 e. The van der Waals surface area contributed by atoms with Crippen molar-refractivity contribution < 1.29 is 4.79 Å². The van der Waals surface area contributed by atoms with Crippen LogP contribution in [-0.2, 0) is 4.79 Å². The van der Waals surface area contributed by atoms with Gasteiger partial charge in [-0.15, -0.1) is 0 Å². The van der Waals surface area contributed by atoms with Crippen molar-refractivity contribution in [1.29, 1.82) is 0 Å². The van der Waals surface area contributed by atoms with Crippen LogP contribution in [0.1, 0.15) is 65.2 Å². The zero-order chi connectivity index (χ0) is 13.4. The summed E-state index contributed by atoms with van der Waals surface area (Å²) in [4.78, 5) is 14.1. The quantitative estimate of drug-likeness (QED) is 0.677. The fourth-order valence-electron chi connectivity index (χ4n) is 2.88. The third kappa shape index (κ3) is 4.60. The summed E-state index contributed by atoms with van der Waals surface area (Å²) >= 11 is 0. The minimum absolute atomic E-state index is 0.289. The number of carbonyl (C=O) groups is 1. The highest BCUT2D eigenvalue weighted by atomic mass is 16.2. The summed E-state index contributed by atoms with van der Waals surface area (Å²) < 4.78 is 0. The molecule has 1 amide bonds. The Hall–Kier alpha value is -0.570. The maximum atomic E-state index is 12.1. The molecule has 2 atom stereocenters. The summed E-state index contributed by atoms with van der Waals surface area (Å²) in [5.74, 6) is 0.897. The van der Waals surface area contributed by atoms with E-state index < -0.39 is 0 Å². The summed E-state index contributed by atoms with van der Waals surface area (Å²) in [6.07, 6.45) is 9.27. The van der Waals surface area contributed by atoms with Crippen LogP contribution in [0.15, 0.2) is 0 Å². The highest BCUT2D eigenvalue weighted by molar-refractivity contribution is 5.76. The van der Waals surface area contributed by atoms with Crippen molar-refractivity contribution in [2.24, 2.45) is 11.7 Å². The molecule has 1 saturated heterocycles. The van der Waals surface area contributed by atoms with Gasteiger partial charge in [-0.05, 0) is 18.8 Å². The summed E-state index contributed by atoms with van der Waals surface area (Å²) in [5, 5.41) is 0. The second-order valence-electron chi connectivity index (χ2n) is 5.67. The van der Waals surface area contributed by atoms with Gasteiger partial charge in [-0.2, -0.15) is 0 Å². The van der Waals surface area contributed by atoms with Crippen molar-refractivity contribution in [3.8, 4) is 0 Å². The molecule has 18 heavy (non-hydrogen) atoms. The van der Waals surface area contributed by atoms with Gasteiger partial charge in [-0.3, -0.25) is 4.79 Å². The second kappa shape index (κ2) is 8.52. The molecule has 1 aliphatic heterocycles. The van der Waals surface area contributed by atoms with Crippen molar-refractivity contribution in [3.63, 3.8) is 0 Å². The topological polar surface area (TPSA) is 46.3 Å². The molecule has 1 rings (SSSR count). The first-order chi connectivity index (χ1) is 8.70. The van der Waals surface area contributed by atoms with Crippen molar-refractivity contribution in [2.45, 2.75) is 71.3 Å². The van der Waals surface area contributed by atoms with Gasteiger partial charge in [0.1, 0.15) is 0 Å². The lowest BCUT2D eigenvalue weighted by molar-refractivity contribution is -0.132. The third-order valence-electron chi connectivity index (χ3n) is 4.19. The highest BCUT2D eigenvalue weighted by Gasteiger charge is 2.32. The Bertz CT molecular complexity index is 243. The lowest BCUT2D eigenvalue weighted by Crippen LogP contribution is -2.42. The third-order valence-corrected chi connectivity index (χ3v) is 4.19. The summed E-state index contributed by atoms with van der Waals surface area (Å²) in [6, 6.07) is 0.289. The Balaban J connectivity index is 2.16. The summed E-state index contributed by atoms with van der Waals surface area (Å²) in [6.45, 7) is 5.96. The van der Waals surface area contributed by atoms with Gasteiger partial charge in [-0.1, -0.05) is 46.0 Å². The molecule has 0 spiro atoms. The molecule has 0 radical (unpaired) electrons. The lowest BCUT2D eigenvalue weighted by atomic mass is 10.0. The number of rotatable bonds is 8. The van der Waals surface area contributed by atoms with Crippen LogP contribution in [0.2, 0.25) is 0 Å². The van der Waals surface area contributed by atoms with Crippen molar-refractivity contribution in [2.75, 3.05) is 13.1 Å². The van der Waals surface area contributed by atoms with Crippen molar-refractivity contribution in [3.05, 3.63) is 0 Å². The average Bonchev–Trinajstić information content (AvgIpc) is 2.74. The molecule has 2 N–H and O–H groups in total. The van der Waals surface area contributed by atoms with E-state index in [9.17, 15) is 4.79 Å². The van der Waals surface area contributed by atoms with Gasteiger partial charge in [-0.25, -0.2) is 0 Å². The van der Waals surface area contributed by atoms with Crippen LogP contribution >= 0.6 is 0 Å². The fourth-order valence-corrected chi connectivity index (χ4v) is 2.88. The number of nitrogens with two attached hydrogens (primary N) is 1. The number of amides is 1. The molecule has 1 fully saturated rings. The molecule has 0 aromatic carbocycles. The van der Waals surface area contributed by atoms with Gasteiger partial charge in [0.15, 0.2) is 0 Å². The van der Waals surface area contributed by atoms with Crippen LogP contribution in [0.25, 0.3) is 0 Å². The minimum atomic E-state index is 0.289. The average molecular weight is 254 g/mol. The molecule has 3 heteroatoms. The molecule has 0 bridgehead atoms. The standard InChI is InChI=1S/C15H30N2O/c1-3-4-5-6-7-8-9-15(18)17-11-10-13(2)14(17)12-16/h13-14H,3-12,16H2,1-2H3. The van der Waals surface area contributed by atoms with E-state index in [0.29, 0.717) is 18.4 Å². The van der Waals surface area contributed by atoms with E-state index in [-0.39, 0.29) is 6.04 Å². The number of likely N-dealkylation sites (tertiary alicyclic amines) is 1. The highest BCUT2D eigenvalue weighted by Crippen LogP contribution is 2.24. The van der Waals surface area contributed by atoms with E-state index in [1.54, 1.807) is 0 Å². The molecule has 3 nitrogen and oxygen atoms in total. The Morgan fingerprint density at radius 3 is 2.56 bits per heavy atom.